The van der Waals surface area contributed by atoms with Crippen molar-refractivity contribution < 1.29 is 22.6 Å². The monoisotopic (exact) mass is 530 g/mol. The van der Waals surface area contributed by atoms with E-state index in [0.717, 1.165) is 30.6 Å². The van der Waals surface area contributed by atoms with E-state index in [1.165, 1.54) is 13.2 Å². The molecule has 35 heavy (non-hydrogen) atoms. The molecule has 2 aromatic heterocycles. The number of pyridine rings is 1. The SMILES string of the molecule is COc1ccc(-n2nnnc2C(F)(F)F)cc1C1=CC2(CCCN(c3cccnc3)C2)OC1.Cl.Cl. The molecule has 0 N–H and O–H groups in total. The zero-order chi connectivity index (χ0) is 23.1. The summed E-state index contributed by atoms with van der Waals surface area (Å²) in [6.45, 7) is 1.89. The number of aromatic nitrogens is 5. The van der Waals surface area contributed by atoms with Crippen LogP contribution in [0.3, 0.4) is 0 Å². The molecule has 1 unspecified atom stereocenters. The molecule has 8 nitrogen and oxygen atoms in total. The predicted molar refractivity (Wildman–Crippen MR) is 128 cm³/mol. The van der Waals surface area contributed by atoms with Gasteiger partial charge in [0.05, 0.1) is 37.8 Å². The summed E-state index contributed by atoms with van der Waals surface area (Å²) in [4.78, 5) is 6.44. The normalized spacial score (nSPS) is 19.7. The molecule has 13 heteroatoms. The average Bonchev–Trinajstić information content (AvgIpc) is 3.47. The Morgan fingerprint density at radius 1 is 1.14 bits per heavy atom. The van der Waals surface area contributed by atoms with Gasteiger partial charge < -0.3 is 14.4 Å². The third-order valence-electron chi connectivity index (χ3n) is 5.95. The third kappa shape index (κ3) is 5.21. The molecule has 1 spiro atoms. The van der Waals surface area contributed by atoms with E-state index in [2.05, 4.69) is 31.5 Å². The zero-order valence-corrected chi connectivity index (χ0v) is 20.2. The lowest BCUT2D eigenvalue weighted by atomic mass is 9.90. The number of benzene rings is 1. The smallest absolute Gasteiger partial charge is 0.453 e. The number of methoxy groups -OCH3 is 1. The summed E-state index contributed by atoms with van der Waals surface area (Å²) in [6.07, 6.45) is 2.75. The van der Waals surface area contributed by atoms with Crippen molar-refractivity contribution in [1.82, 2.24) is 25.2 Å². The first-order chi connectivity index (χ1) is 15.9. The van der Waals surface area contributed by atoms with Gasteiger partial charge in [0, 0.05) is 18.3 Å². The highest BCUT2D eigenvalue weighted by molar-refractivity contribution is 5.85. The van der Waals surface area contributed by atoms with Crippen molar-refractivity contribution in [3.05, 3.63) is 60.2 Å². The van der Waals surface area contributed by atoms with E-state index in [-0.39, 0.29) is 30.5 Å². The van der Waals surface area contributed by atoms with Crippen molar-refractivity contribution in [2.45, 2.75) is 24.6 Å². The largest absolute Gasteiger partial charge is 0.496 e. The van der Waals surface area contributed by atoms with Crippen LogP contribution in [0.5, 0.6) is 5.75 Å². The van der Waals surface area contributed by atoms with Gasteiger partial charge in [-0.25, -0.2) is 0 Å². The van der Waals surface area contributed by atoms with Gasteiger partial charge in [0.2, 0.25) is 0 Å². The molecule has 1 fully saturated rings. The Balaban J connectivity index is 0.00000171. The molecular formula is C22H23Cl2F3N6O2. The van der Waals surface area contributed by atoms with Crippen molar-refractivity contribution in [1.29, 1.82) is 0 Å². The summed E-state index contributed by atoms with van der Waals surface area (Å²) in [5.41, 5.74) is 2.22. The predicted octanol–water partition coefficient (Wildman–Crippen LogP) is 4.38. The van der Waals surface area contributed by atoms with Gasteiger partial charge in [0.1, 0.15) is 11.4 Å². The molecule has 0 saturated carbocycles. The maximum absolute atomic E-state index is 13.3. The summed E-state index contributed by atoms with van der Waals surface area (Å²) in [6, 6.07) is 8.62. The highest BCUT2D eigenvalue weighted by Gasteiger charge is 2.40. The minimum atomic E-state index is -4.68. The standard InChI is InChI=1S/C22H21F3N6O2.2ClH/c1-32-19-6-5-16(31-20(22(23,24)25)27-28-29-31)10-18(19)15-11-21(33-13-15)7-3-9-30(14-21)17-4-2-8-26-12-17;;/h2,4-6,8,10-12H,3,7,9,13-14H2,1H3;2*1H. The van der Waals surface area contributed by atoms with Crippen LogP contribution >= 0.6 is 24.8 Å². The first-order valence-corrected chi connectivity index (χ1v) is 10.4. The Morgan fingerprint density at radius 2 is 1.97 bits per heavy atom. The number of rotatable bonds is 4. The van der Waals surface area contributed by atoms with E-state index < -0.39 is 17.6 Å². The number of anilines is 1. The molecular weight excluding hydrogens is 508 g/mol. The molecule has 2 aliphatic heterocycles. The molecule has 188 valence electrons. The molecule has 1 saturated heterocycles. The number of halogens is 5. The number of tetrazole rings is 1. The van der Waals surface area contributed by atoms with Crippen molar-refractivity contribution >= 4 is 36.1 Å². The summed E-state index contributed by atoms with van der Waals surface area (Å²) in [7, 11) is 1.52. The van der Waals surface area contributed by atoms with Gasteiger partial charge in [-0.05, 0) is 65.2 Å². The topological polar surface area (TPSA) is 78.2 Å². The Morgan fingerprint density at radius 3 is 2.69 bits per heavy atom. The van der Waals surface area contributed by atoms with Crippen LogP contribution < -0.4 is 9.64 Å². The second kappa shape index (κ2) is 10.4. The molecule has 0 radical (unpaired) electrons. The minimum absolute atomic E-state index is 0. The average molecular weight is 531 g/mol. The van der Waals surface area contributed by atoms with E-state index in [4.69, 9.17) is 9.47 Å². The van der Waals surface area contributed by atoms with Gasteiger partial charge in [0.25, 0.3) is 5.82 Å². The van der Waals surface area contributed by atoms with E-state index in [9.17, 15) is 13.2 Å². The summed E-state index contributed by atoms with van der Waals surface area (Å²) in [5.74, 6) is -0.654. The van der Waals surface area contributed by atoms with Crippen LogP contribution in [0.4, 0.5) is 18.9 Å². The maximum atomic E-state index is 13.3. The minimum Gasteiger partial charge on any atom is -0.496 e. The van der Waals surface area contributed by atoms with Gasteiger partial charge in [-0.1, -0.05) is 0 Å². The first kappa shape index (κ1) is 26.7. The number of nitrogens with zero attached hydrogens (tertiary/aromatic N) is 6. The molecule has 0 bridgehead atoms. The second-order valence-corrected chi connectivity index (χ2v) is 8.06. The third-order valence-corrected chi connectivity index (χ3v) is 5.95. The molecule has 2 aliphatic rings. The fourth-order valence-corrected chi connectivity index (χ4v) is 4.44. The molecule has 5 rings (SSSR count). The lowest BCUT2D eigenvalue weighted by molar-refractivity contribution is -0.146. The molecule has 0 amide bonds. The van der Waals surface area contributed by atoms with Gasteiger partial charge in [-0.15, -0.1) is 29.9 Å². The van der Waals surface area contributed by atoms with Crippen molar-refractivity contribution in [3.8, 4) is 11.4 Å². The zero-order valence-electron chi connectivity index (χ0n) is 18.6. The highest BCUT2D eigenvalue weighted by Crippen LogP contribution is 2.40. The van der Waals surface area contributed by atoms with Crippen LogP contribution in [0.1, 0.15) is 24.2 Å². The van der Waals surface area contributed by atoms with E-state index >= 15 is 0 Å². The number of hydrogen-bond acceptors (Lipinski definition) is 7. The van der Waals surface area contributed by atoms with Crippen molar-refractivity contribution in [2.24, 2.45) is 0 Å². The Bertz CT molecular complexity index is 1190. The van der Waals surface area contributed by atoms with Crippen LogP contribution in [0.25, 0.3) is 11.3 Å². The number of alkyl halides is 3. The second-order valence-electron chi connectivity index (χ2n) is 8.06. The quantitative estimate of drug-likeness (QED) is 0.495. The van der Waals surface area contributed by atoms with E-state index in [1.54, 1.807) is 18.3 Å². The molecule has 4 heterocycles. The van der Waals surface area contributed by atoms with Crippen LogP contribution in [-0.4, -0.2) is 57.6 Å². The van der Waals surface area contributed by atoms with Gasteiger partial charge in [0.15, 0.2) is 0 Å². The number of ether oxygens (including phenoxy) is 2. The maximum Gasteiger partial charge on any atom is 0.453 e. The first-order valence-electron chi connectivity index (χ1n) is 10.4. The van der Waals surface area contributed by atoms with Crippen molar-refractivity contribution in [3.63, 3.8) is 0 Å². The fraction of sp³-hybridized carbons (Fsp3) is 0.364. The van der Waals surface area contributed by atoms with Crippen LogP contribution in [-0.2, 0) is 10.9 Å². The van der Waals surface area contributed by atoms with Gasteiger partial charge >= 0.3 is 6.18 Å². The van der Waals surface area contributed by atoms with Crippen LogP contribution in [0.2, 0.25) is 0 Å². The summed E-state index contributed by atoms with van der Waals surface area (Å²) < 4.78 is 52.4. The fourth-order valence-electron chi connectivity index (χ4n) is 4.44. The van der Waals surface area contributed by atoms with Crippen LogP contribution in [0.15, 0.2) is 48.8 Å². The molecule has 0 aliphatic carbocycles. The summed E-state index contributed by atoms with van der Waals surface area (Å²) in [5, 5.41) is 9.87. The number of piperidine rings is 1. The Hall–Kier alpha value is -2.89. The summed E-state index contributed by atoms with van der Waals surface area (Å²) >= 11 is 0. The van der Waals surface area contributed by atoms with Crippen molar-refractivity contribution in [2.75, 3.05) is 31.7 Å². The van der Waals surface area contributed by atoms with Crippen LogP contribution in [0, 0.1) is 0 Å². The van der Waals surface area contributed by atoms with Gasteiger partial charge in [-0.3, -0.25) is 4.98 Å². The Labute approximate surface area is 211 Å². The lowest BCUT2D eigenvalue weighted by Crippen LogP contribution is -2.47. The number of hydrogen-bond donors (Lipinski definition) is 0. The molecule has 3 aromatic rings. The molecule has 1 aromatic carbocycles. The van der Waals surface area contributed by atoms with E-state index in [1.807, 2.05) is 18.3 Å². The molecule has 1 atom stereocenters. The highest BCUT2D eigenvalue weighted by atomic mass is 35.5. The van der Waals surface area contributed by atoms with Gasteiger partial charge in [-0.2, -0.15) is 17.9 Å². The lowest BCUT2D eigenvalue weighted by Gasteiger charge is -2.39. The van der Waals surface area contributed by atoms with E-state index in [0.29, 0.717) is 29.1 Å². The Kier molecular flexibility index (Phi) is 7.93.